The van der Waals surface area contributed by atoms with Gasteiger partial charge in [0.15, 0.2) is 5.13 Å². The Morgan fingerprint density at radius 2 is 1.96 bits per heavy atom. The van der Waals surface area contributed by atoms with Crippen molar-refractivity contribution in [3.8, 4) is 0 Å². The molecule has 142 valence electrons. The van der Waals surface area contributed by atoms with Crippen molar-refractivity contribution < 1.29 is 14.6 Å². The number of quaternary nitrogens is 1. The third kappa shape index (κ3) is 4.00. The molecule has 7 nitrogen and oxygen atoms in total. The first-order valence-corrected chi connectivity index (χ1v) is 10.1. The van der Waals surface area contributed by atoms with Gasteiger partial charge in [-0.25, -0.2) is 4.98 Å². The Balaban J connectivity index is 2.01. The van der Waals surface area contributed by atoms with E-state index in [2.05, 4.69) is 6.07 Å². The molecule has 0 saturated heterocycles. The van der Waals surface area contributed by atoms with E-state index in [9.17, 15) is 14.9 Å². The van der Waals surface area contributed by atoms with Gasteiger partial charge in [0.1, 0.15) is 0 Å². The molecule has 9 heteroatoms. The molecule has 3 rings (SSSR count). The van der Waals surface area contributed by atoms with E-state index in [1.54, 1.807) is 4.90 Å². The maximum absolute atomic E-state index is 13.1. The molecule has 3 aromatic rings. The second kappa shape index (κ2) is 7.71. The zero-order valence-corrected chi connectivity index (χ0v) is 17.2. The highest BCUT2D eigenvalue weighted by Crippen LogP contribution is 2.33. The average Bonchev–Trinajstić information content (AvgIpc) is 3.25. The first-order valence-electron chi connectivity index (χ1n) is 8.49. The molecule has 0 aliphatic rings. The second-order valence-corrected chi connectivity index (χ2v) is 8.73. The van der Waals surface area contributed by atoms with Crippen molar-refractivity contribution in [2.45, 2.75) is 13.8 Å². The lowest BCUT2D eigenvalue weighted by Gasteiger charge is -2.19. The number of nitro groups is 1. The maximum Gasteiger partial charge on any atom is 0.324 e. The van der Waals surface area contributed by atoms with E-state index in [1.165, 1.54) is 28.4 Å². The molecule has 0 atom stereocenters. The Kier molecular flexibility index (Phi) is 5.54. The molecule has 2 heterocycles. The van der Waals surface area contributed by atoms with Crippen molar-refractivity contribution >= 4 is 48.9 Å². The van der Waals surface area contributed by atoms with Crippen LogP contribution in [0.2, 0.25) is 0 Å². The van der Waals surface area contributed by atoms with Crippen LogP contribution in [0.5, 0.6) is 0 Å². The van der Waals surface area contributed by atoms with Crippen LogP contribution in [0.25, 0.3) is 10.2 Å². The summed E-state index contributed by atoms with van der Waals surface area (Å²) >= 11 is 2.37. The van der Waals surface area contributed by atoms with Gasteiger partial charge in [-0.05, 0) is 37.1 Å². The van der Waals surface area contributed by atoms with Crippen molar-refractivity contribution in [1.29, 1.82) is 0 Å². The third-order valence-electron chi connectivity index (χ3n) is 4.37. The van der Waals surface area contributed by atoms with E-state index in [4.69, 9.17) is 4.98 Å². The topological polar surface area (TPSA) is 80.8 Å². The minimum Gasteiger partial charge on any atom is -0.338 e. The monoisotopic (exact) mass is 405 g/mol. The molecular formula is C18H21N4O3S2+. The van der Waals surface area contributed by atoms with Gasteiger partial charge in [-0.1, -0.05) is 28.7 Å². The Bertz CT molecular complexity index is 1010. The van der Waals surface area contributed by atoms with Gasteiger partial charge in [-0.2, -0.15) is 0 Å². The number of amides is 1. The number of nitrogens with zero attached hydrogens (tertiary/aromatic N) is 3. The number of fused-ring (bicyclic) bond motifs is 1. The number of aromatic nitrogens is 1. The van der Waals surface area contributed by atoms with Gasteiger partial charge in [-0.15, -0.1) is 0 Å². The number of hydrogen-bond acceptors (Lipinski definition) is 6. The van der Waals surface area contributed by atoms with E-state index < -0.39 is 4.92 Å². The number of hydrogen-bond donors (Lipinski definition) is 1. The molecule has 2 aromatic heterocycles. The quantitative estimate of drug-likeness (QED) is 0.505. The van der Waals surface area contributed by atoms with Gasteiger partial charge in [0.2, 0.25) is 0 Å². The molecule has 0 fully saturated rings. The molecule has 27 heavy (non-hydrogen) atoms. The first-order chi connectivity index (χ1) is 12.8. The fourth-order valence-electron chi connectivity index (χ4n) is 2.62. The number of rotatable bonds is 6. The Morgan fingerprint density at radius 3 is 2.59 bits per heavy atom. The lowest BCUT2D eigenvalue weighted by molar-refractivity contribution is -0.856. The van der Waals surface area contributed by atoms with Gasteiger partial charge < -0.3 is 4.90 Å². The van der Waals surface area contributed by atoms with Crippen LogP contribution < -0.4 is 9.80 Å². The normalized spacial score (nSPS) is 11.3. The van der Waals surface area contributed by atoms with Crippen molar-refractivity contribution in [2.75, 3.05) is 32.1 Å². The highest BCUT2D eigenvalue weighted by Gasteiger charge is 2.25. The Labute approximate surface area is 165 Å². The molecule has 0 spiro atoms. The lowest BCUT2D eigenvalue weighted by Crippen LogP contribution is -3.06. The molecule has 1 amide bonds. The van der Waals surface area contributed by atoms with Crippen LogP contribution in [-0.2, 0) is 0 Å². The summed E-state index contributed by atoms with van der Waals surface area (Å²) in [7, 11) is 4.04. The number of likely N-dealkylation sites (N-methyl/N-ethyl adjacent to an activating group) is 1. The van der Waals surface area contributed by atoms with Crippen LogP contribution in [0.3, 0.4) is 0 Å². The van der Waals surface area contributed by atoms with Crippen molar-refractivity contribution in [2.24, 2.45) is 0 Å². The maximum atomic E-state index is 13.1. The molecule has 0 aliphatic heterocycles. The summed E-state index contributed by atoms with van der Waals surface area (Å²) in [4.78, 5) is 31.5. The summed E-state index contributed by atoms with van der Waals surface area (Å²) in [6, 6.07) is 6.97. The Morgan fingerprint density at radius 1 is 1.22 bits per heavy atom. The number of benzene rings is 1. The zero-order valence-electron chi connectivity index (χ0n) is 15.6. The van der Waals surface area contributed by atoms with Crippen molar-refractivity contribution in [1.82, 2.24) is 4.98 Å². The number of anilines is 1. The van der Waals surface area contributed by atoms with Gasteiger partial charge in [0.25, 0.3) is 5.91 Å². The second-order valence-electron chi connectivity index (χ2n) is 6.66. The minimum absolute atomic E-state index is 0.0349. The SMILES string of the molecule is Cc1ccc2sc(N(CC[NH+](C)C)C(=O)c3ccc([N+](=O)[O-])s3)nc2c1C. The summed E-state index contributed by atoms with van der Waals surface area (Å²) in [5.41, 5.74) is 3.17. The van der Waals surface area contributed by atoms with Crippen LogP contribution in [0, 0.1) is 24.0 Å². The number of aryl methyl sites for hydroxylation is 2. The lowest BCUT2D eigenvalue weighted by atomic mass is 10.1. The van der Waals surface area contributed by atoms with Crippen LogP contribution in [0.4, 0.5) is 10.1 Å². The average molecular weight is 406 g/mol. The van der Waals surface area contributed by atoms with E-state index in [1.807, 2.05) is 34.0 Å². The van der Waals surface area contributed by atoms with Crippen LogP contribution in [0.1, 0.15) is 20.8 Å². The number of carbonyl (C=O) groups excluding carboxylic acids is 1. The number of carbonyl (C=O) groups is 1. The third-order valence-corrected chi connectivity index (χ3v) is 6.44. The molecule has 1 aromatic carbocycles. The summed E-state index contributed by atoms with van der Waals surface area (Å²) in [5.74, 6) is -0.247. The van der Waals surface area contributed by atoms with E-state index in [0.717, 1.165) is 39.2 Å². The predicted molar refractivity (Wildman–Crippen MR) is 109 cm³/mol. The van der Waals surface area contributed by atoms with Crippen LogP contribution in [0.15, 0.2) is 24.3 Å². The minimum atomic E-state index is -0.473. The molecule has 1 N–H and O–H groups in total. The molecule has 0 unspecified atom stereocenters. The van der Waals surface area contributed by atoms with Gasteiger partial charge in [-0.3, -0.25) is 19.8 Å². The largest absolute Gasteiger partial charge is 0.338 e. The highest BCUT2D eigenvalue weighted by molar-refractivity contribution is 7.22. The Hall–Kier alpha value is -2.36. The first kappa shape index (κ1) is 19.4. The van der Waals surface area contributed by atoms with E-state index >= 15 is 0 Å². The summed E-state index contributed by atoms with van der Waals surface area (Å²) in [6.07, 6.45) is 0. The number of thiophene rings is 1. The van der Waals surface area contributed by atoms with Gasteiger partial charge in [0.05, 0.1) is 47.2 Å². The van der Waals surface area contributed by atoms with E-state index in [0.29, 0.717) is 16.6 Å². The fourth-order valence-corrected chi connectivity index (χ4v) is 4.44. The van der Waals surface area contributed by atoms with Crippen molar-refractivity contribution in [3.05, 3.63) is 50.4 Å². The van der Waals surface area contributed by atoms with Crippen LogP contribution in [-0.4, -0.2) is 43.0 Å². The zero-order chi connectivity index (χ0) is 19.7. The fraction of sp³-hybridized carbons (Fsp3) is 0.333. The molecular weight excluding hydrogens is 384 g/mol. The summed E-state index contributed by atoms with van der Waals surface area (Å²) in [5, 5.41) is 11.5. The van der Waals surface area contributed by atoms with Gasteiger partial charge >= 0.3 is 5.00 Å². The number of nitrogens with one attached hydrogen (secondary N) is 1. The van der Waals surface area contributed by atoms with Crippen molar-refractivity contribution in [3.63, 3.8) is 0 Å². The molecule has 0 aliphatic carbocycles. The predicted octanol–water partition coefficient (Wildman–Crippen LogP) is 2.67. The smallest absolute Gasteiger partial charge is 0.324 e. The van der Waals surface area contributed by atoms with E-state index in [-0.39, 0.29) is 10.9 Å². The van der Waals surface area contributed by atoms with Crippen LogP contribution >= 0.6 is 22.7 Å². The molecule has 0 bridgehead atoms. The molecule has 0 saturated carbocycles. The summed E-state index contributed by atoms with van der Waals surface area (Å²) < 4.78 is 1.03. The molecule has 0 radical (unpaired) electrons. The number of thiazole rings is 1. The summed E-state index contributed by atoms with van der Waals surface area (Å²) in [6.45, 7) is 5.30. The standard InChI is InChI=1S/C18H20N4O3S2/c1-11-5-6-13-16(12(11)2)19-18(27-13)21(10-9-20(3)4)17(23)14-7-8-15(26-14)22(24)25/h5-8H,9-10H2,1-4H3/p+1. The van der Waals surface area contributed by atoms with Gasteiger partial charge in [0, 0.05) is 6.07 Å². The highest BCUT2D eigenvalue weighted by atomic mass is 32.1.